The second-order valence-electron chi connectivity index (χ2n) is 6.05. The zero-order chi connectivity index (χ0) is 15.3. The Kier molecular flexibility index (Phi) is 3.60. The minimum atomic E-state index is -4.93. The van der Waals surface area contributed by atoms with E-state index in [4.69, 9.17) is 0 Å². The molecule has 0 unspecified atom stereocenters. The summed E-state index contributed by atoms with van der Waals surface area (Å²) < 4.78 is 40.2. The van der Waals surface area contributed by atoms with Crippen LogP contribution in [0.15, 0.2) is 5.10 Å². The molecule has 0 aromatic rings. The zero-order valence-electron chi connectivity index (χ0n) is 11.7. The molecule has 1 amide bonds. The fraction of sp³-hybridized carbons (Fsp3) is 0.846. The summed E-state index contributed by atoms with van der Waals surface area (Å²) in [7, 11) is 0. The van der Waals surface area contributed by atoms with E-state index in [2.05, 4.69) is 5.10 Å². The van der Waals surface area contributed by atoms with E-state index in [0.29, 0.717) is 6.42 Å². The predicted molar refractivity (Wildman–Crippen MR) is 66.6 cm³/mol. The molecule has 2 aliphatic rings. The van der Waals surface area contributed by atoms with Crippen LogP contribution >= 0.6 is 0 Å². The minimum absolute atomic E-state index is 0.0712. The van der Waals surface area contributed by atoms with Gasteiger partial charge in [0.15, 0.2) is 0 Å². The number of hydrazone groups is 1. The molecule has 0 aromatic heterocycles. The Hall–Kier alpha value is -1.11. The van der Waals surface area contributed by atoms with Crippen molar-refractivity contribution in [1.82, 2.24) is 5.01 Å². The van der Waals surface area contributed by atoms with Crippen molar-refractivity contribution in [3.63, 3.8) is 0 Å². The normalized spacial score (nSPS) is 34.2. The maximum Gasteiger partial charge on any atom is 0.439 e. The van der Waals surface area contributed by atoms with E-state index in [1.165, 1.54) is 13.8 Å². The van der Waals surface area contributed by atoms with Gasteiger partial charge in [0.05, 0.1) is 5.92 Å². The number of nitrogens with zero attached hydrogens (tertiary/aromatic N) is 2. The molecule has 3 atom stereocenters. The van der Waals surface area contributed by atoms with E-state index >= 15 is 0 Å². The van der Waals surface area contributed by atoms with Gasteiger partial charge in [0.25, 0.3) is 5.72 Å². The summed E-state index contributed by atoms with van der Waals surface area (Å²) >= 11 is 0. The number of hydrogen-bond donors (Lipinski definition) is 1. The number of rotatable bonds is 1. The molecule has 7 heteroatoms. The van der Waals surface area contributed by atoms with Gasteiger partial charge >= 0.3 is 6.18 Å². The molecule has 0 radical (unpaired) electrons. The van der Waals surface area contributed by atoms with Gasteiger partial charge in [-0.05, 0) is 25.2 Å². The molecule has 1 fully saturated rings. The summed E-state index contributed by atoms with van der Waals surface area (Å²) in [6.07, 6.45) is -3.61. The average Bonchev–Trinajstić information content (AvgIpc) is 2.62. The van der Waals surface area contributed by atoms with Gasteiger partial charge in [0, 0.05) is 11.6 Å². The maximum absolute atomic E-state index is 13.4. The molecule has 1 aliphatic carbocycles. The van der Waals surface area contributed by atoms with E-state index in [-0.39, 0.29) is 23.1 Å². The standard InChI is InChI=1S/C13H19F3N2O2/c1-7(2)11(19)18-12(20,13(14,15)16)9-6-8(3)4-5-10(9)17-18/h7-9,20H,4-6H2,1-3H3/t8-,9+,12+/m1/s1. The smallest absolute Gasteiger partial charge is 0.362 e. The third-order valence-electron chi connectivity index (χ3n) is 4.09. The van der Waals surface area contributed by atoms with E-state index in [9.17, 15) is 23.1 Å². The predicted octanol–water partition coefficient (Wildman–Crippen LogP) is 2.53. The van der Waals surface area contributed by atoms with Gasteiger partial charge in [-0.15, -0.1) is 0 Å². The average molecular weight is 292 g/mol. The summed E-state index contributed by atoms with van der Waals surface area (Å²) in [6.45, 7) is 4.83. The van der Waals surface area contributed by atoms with Crippen LogP contribution in [0.2, 0.25) is 0 Å². The van der Waals surface area contributed by atoms with Crippen LogP contribution < -0.4 is 0 Å². The summed E-state index contributed by atoms with van der Waals surface area (Å²) in [5.41, 5.74) is -2.91. The van der Waals surface area contributed by atoms with Gasteiger partial charge in [0.2, 0.25) is 5.91 Å². The Bertz CT molecular complexity index is 447. The minimum Gasteiger partial charge on any atom is -0.362 e. The number of carbonyl (C=O) groups is 1. The lowest BCUT2D eigenvalue weighted by Crippen LogP contribution is -2.62. The van der Waals surface area contributed by atoms with Gasteiger partial charge in [-0.1, -0.05) is 20.8 Å². The lowest BCUT2D eigenvalue weighted by molar-refractivity contribution is -0.318. The summed E-state index contributed by atoms with van der Waals surface area (Å²) in [6, 6.07) is 0. The van der Waals surface area contributed by atoms with E-state index < -0.39 is 29.6 Å². The number of aliphatic hydroxyl groups is 1. The molecule has 20 heavy (non-hydrogen) atoms. The van der Waals surface area contributed by atoms with Crippen LogP contribution in [0.25, 0.3) is 0 Å². The summed E-state index contributed by atoms with van der Waals surface area (Å²) in [4.78, 5) is 12.0. The molecule has 1 saturated carbocycles. The topological polar surface area (TPSA) is 52.9 Å². The quantitative estimate of drug-likeness (QED) is 0.807. The van der Waals surface area contributed by atoms with Crippen molar-refractivity contribution in [2.45, 2.75) is 51.9 Å². The molecular formula is C13H19F3N2O2. The highest BCUT2D eigenvalue weighted by molar-refractivity contribution is 5.93. The first-order valence-electron chi connectivity index (χ1n) is 6.79. The number of amides is 1. The fourth-order valence-corrected chi connectivity index (χ4v) is 2.87. The monoisotopic (exact) mass is 292 g/mol. The molecule has 0 saturated heterocycles. The number of alkyl halides is 3. The largest absolute Gasteiger partial charge is 0.439 e. The van der Waals surface area contributed by atoms with Crippen molar-refractivity contribution in [3.8, 4) is 0 Å². The Morgan fingerprint density at radius 1 is 1.50 bits per heavy atom. The first-order chi connectivity index (χ1) is 9.09. The molecule has 1 heterocycles. The number of halogens is 3. The van der Waals surface area contributed by atoms with E-state index in [1.54, 1.807) is 0 Å². The van der Waals surface area contributed by atoms with Gasteiger partial charge in [-0.2, -0.15) is 23.3 Å². The zero-order valence-corrected chi connectivity index (χ0v) is 11.7. The molecule has 2 rings (SSSR count). The van der Waals surface area contributed by atoms with Gasteiger partial charge < -0.3 is 5.11 Å². The number of carbonyl (C=O) groups excluding carboxylic acids is 1. The van der Waals surface area contributed by atoms with Crippen LogP contribution in [-0.2, 0) is 4.79 Å². The third kappa shape index (κ3) is 2.12. The maximum atomic E-state index is 13.4. The van der Waals surface area contributed by atoms with Gasteiger partial charge in [-0.25, -0.2) is 0 Å². The summed E-state index contributed by atoms with van der Waals surface area (Å²) in [5, 5.41) is 14.4. The SMILES string of the molecule is CC(C)C(=O)N1N=C2CC[C@@H](C)C[C@@H]2[C@]1(O)C(F)(F)F. The number of hydrogen-bond acceptors (Lipinski definition) is 3. The second-order valence-corrected chi connectivity index (χ2v) is 6.05. The highest BCUT2D eigenvalue weighted by Gasteiger charge is 2.68. The van der Waals surface area contributed by atoms with Crippen molar-refractivity contribution < 1.29 is 23.1 Å². The summed E-state index contributed by atoms with van der Waals surface area (Å²) in [5.74, 6) is -2.54. The Labute approximate surface area is 115 Å². The van der Waals surface area contributed by atoms with Crippen LogP contribution in [0.4, 0.5) is 13.2 Å². The molecule has 0 spiro atoms. The fourth-order valence-electron chi connectivity index (χ4n) is 2.87. The molecule has 1 N–H and O–H groups in total. The molecule has 0 aromatic carbocycles. The lowest BCUT2D eigenvalue weighted by atomic mass is 9.76. The molecule has 114 valence electrons. The van der Waals surface area contributed by atoms with Crippen LogP contribution in [0.1, 0.15) is 40.0 Å². The van der Waals surface area contributed by atoms with E-state index in [0.717, 1.165) is 6.42 Å². The molecule has 0 bridgehead atoms. The van der Waals surface area contributed by atoms with Crippen molar-refractivity contribution >= 4 is 11.6 Å². The van der Waals surface area contributed by atoms with Crippen molar-refractivity contribution in [3.05, 3.63) is 0 Å². The van der Waals surface area contributed by atoms with E-state index in [1.807, 2.05) is 6.92 Å². The molecular weight excluding hydrogens is 273 g/mol. The van der Waals surface area contributed by atoms with Crippen molar-refractivity contribution in [2.75, 3.05) is 0 Å². The van der Waals surface area contributed by atoms with Gasteiger partial charge in [0.1, 0.15) is 0 Å². The third-order valence-corrected chi connectivity index (χ3v) is 4.09. The Balaban J connectivity index is 2.45. The first-order valence-corrected chi connectivity index (χ1v) is 6.79. The van der Waals surface area contributed by atoms with Crippen LogP contribution in [0.5, 0.6) is 0 Å². The Morgan fingerprint density at radius 3 is 2.60 bits per heavy atom. The Morgan fingerprint density at radius 2 is 2.10 bits per heavy atom. The van der Waals surface area contributed by atoms with Crippen LogP contribution in [-0.4, -0.2) is 33.6 Å². The highest BCUT2D eigenvalue weighted by atomic mass is 19.4. The highest BCUT2D eigenvalue weighted by Crippen LogP contribution is 2.49. The lowest BCUT2D eigenvalue weighted by Gasteiger charge is -2.39. The van der Waals surface area contributed by atoms with Gasteiger partial charge in [-0.3, -0.25) is 4.79 Å². The molecule has 4 nitrogen and oxygen atoms in total. The number of fused-ring (bicyclic) bond motifs is 1. The van der Waals surface area contributed by atoms with Crippen molar-refractivity contribution in [2.24, 2.45) is 22.9 Å². The van der Waals surface area contributed by atoms with Crippen molar-refractivity contribution in [1.29, 1.82) is 0 Å². The first kappa shape index (κ1) is 15.3. The van der Waals surface area contributed by atoms with Crippen LogP contribution in [0.3, 0.4) is 0 Å². The molecule has 1 aliphatic heterocycles. The van der Waals surface area contributed by atoms with Crippen LogP contribution in [0, 0.1) is 17.8 Å². The second kappa shape index (κ2) is 4.72.